The van der Waals surface area contributed by atoms with Crippen molar-refractivity contribution in [1.29, 1.82) is 0 Å². The zero-order valence-corrected chi connectivity index (χ0v) is 12.1. The molecule has 100 valence electrons. The average Bonchev–Trinajstić information content (AvgIpc) is 3.10. The maximum Gasteiger partial charge on any atom is 0.0304 e. The molecule has 1 saturated heterocycles. The van der Waals surface area contributed by atoms with E-state index in [9.17, 15) is 0 Å². The molecule has 1 heterocycles. The van der Waals surface area contributed by atoms with Crippen molar-refractivity contribution in [2.45, 2.75) is 77.4 Å². The summed E-state index contributed by atoms with van der Waals surface area (Å²) in [5, 5.41) is 3.80. The van der Waals surface area contributed by atoms with Crippen molar-refractivity contribution in [3.05, 3.63) is 0 Å². The monoisotopic (exact) mass is 238 g/mol. The molecule has 1 N–H and O–H groups in total. The largest absolute Gasteiger partial charge is 0.308 e. The Labute approximate surface area is 107 Å². The topological polar surface area (TPSA) is 15.3 Å². The van der Waals surface area contributed by atoms with Gasteiger partial charge in [0.1, 0.15) is 0 Å². The average molecular weight is 238 g/mol. The number of hydrogen-bond acceptors (Lipinski definition) is 2. The van der Waals surface area contributed by atoms with Gasteiger partial charge in [-0.05, 0) is 38.5 Å². The van der Waals surface area contributed by atoms with Gasteiger partial charge >= 0.3 is 0 Å². The standard InChI is InChI=1S/C15H30N2/c1-5-8-13-9-14(13)17-11-15(6-2,7-3)16-10-12(17)4/h12-14,16H,5-11H2,1-4H3. The molecular formula is C15H30N2. The predicted molar refractivity (Wildman–Crippen MR) is 74.3 cm³/mol. The van der Waals surface area contributed by atoms with Gasteiger partial charge in [0.2, 0.25) is 0 Å². The highest BCUT2D eigenvalue weighted by Gasteiger charge is 2.46. The van der Waals surface area contributed by atoms with Crippen LogP contribution in [-0.4, -0.2) is 35.6 Å². The predicted octanol–water partition coefficient (Wildman–Crippen LogP) is 3.03. The van der Waals surface area contributed by atoms with Crippen LogP contribution >= 0.6 is 0 Å². The summed E-state index contributed by atoms with van der Waals surface area (Å²) in [7, 11) is 0. The van der Waals surface area contributed by atoms with Crippen molar-refractivity contribution in [2.24, 2.45) is 5.92 Å². The fourth-order valence-electron chi connectivity index (χ4n) is 3.53. The molecular weight excluding hydrogens is 208 g/mol. The zero-order valence-electron chi connectivity index (χ0n) is 12.1. The lowest BCUT2D eigenvalue weighted by Gasteiger charge is -2.47. The highest BCUT2D eigenvalue weighted by molar-refractivity contribution is 5.03. The van der Waals surface area contributed by atoms with Gasteiger partial charge in [0.25, 0.3) is 0 Å². The normalized spacial score (nSPS) is 37.1. The summed E-state index contributed by atoms with van der Waals surface area (Å²) in [4.78, 5) is 2.81. The Balaban J connectivity index is 1.96. The number of rotatable bonds is 5. The lowest BCUT2D eigenvalue weighted by atomic mass is 9.88. The van der Waals surface area contributed by atoms with Gasteiger partial charge < -0.3 is 5.32 Å². The van der Waals surface area contributed by atoms with Crippen molar-refractivity contribution in [3.8, 4) is 0 Å². The summed E-state index contributed by atoms with van der Waals surface area (Å²) in [5.74, 6) is 1.01. The number of piperazine rings is 1. The van der Waals surface area contributed by atoms with Gasteiger partial charge in [0.05, 0.1) is 0 Å². The van der Waals surface area contributed by atoms with Gasteiger partial charge in [-0.25, -0.2) is 0 Å². The van der Waals surface area contributed by atoms with Crippen LogP contribution < -0.4 is 5.32 Å². The van der Waals surface area contributed by atoms with Crippen LogP contribution in [0.2, 0.25) is 0 Å². The van der Waals surface area contributed by atoms with E-state index in [1.54, 1.807) is 0 Å². The van der Waals surface area contributed by atoms with Crippen LogP contribution in [-0.2, 0) is 0 Å². The van der Waals surface area contributed by atoms with Crippen LogP contribution in [0.5, 0.6) is 0 Å². The number of hydrogen-bond donors (Lipinski definition) is 1. The SMILES string of the molecule is CCCC1CC1N1CC(CC)(CC)NCC1C. The Kier molecular flexibility index (Phi) is 4.14. The highest BCUT2D eigenvalue weighted by atomic mass is 15.3. The third-order valence-electron chi connectivity index (χ3n) is 5.15. The highest BCUT2D eigenvalue weighted by Crippen LogP contribution is 2.42. The van der Waals surface area contributed by atoms with Gasteiger partial charge in [0, 0.05) is 30.7 Å². The van der Waals surface area contributed by atoms with Crippen LogP contribution in [0.25, 0.3) is 0 Å². The van der Waals surface area contributed by atoms with Gasteiger partial charge in [-0.2, -0.15) is 0 Å². The van der Waals surface area contributed by atoms with Crippen LogP contribution in [0.15, 0.2) is 0 Å². The van der Waals surface area contributed by atoms with Crippen LogP contribution in [0.4, 0.5) is 0 Å². The Morgan fingerprint density at radius 3 is 2.53 bits per heavy atom. The minimum atomic E-state index is 0.395. The molecule has 3 unspecified atom stereocenters. The Bertz CT molecular complexity index is 247. The summed E-state index contributed by atoms with van der Waals surface area (Å²) in [6, 6.07) is 1.64. The van der Waals surface area contributed by atoms with Crippen molar-refractivity contribution in [1.82, 2.24) is 10.2 Å². The second-order valence-corrected chi connectivity index (χ2v) is 6.24. The van der Waals surface area contributed by atoms with E-state index in [1.807, 2.05) is 0 Å². The van der Waals surface area contributed by atoms with Crippen molar-refractivity contribution < 1.29 is 0 Å². The molecule has 0 amide bonds. The van der Waals surface area contributed by atoms with E-state index in [2.05, 4.69) is 37.9 Å². The lowest BCUT2D eigenvalue weighted by Crippen LogP contribution is -2.63. The van der Waals surface area contributed by atoms with Crippen molar-refractivity contribution in [3.63, 3.8) is 0 Å². The first-order chi connectivity index (χ1) is 8.15. The molecule has 2 nitrogen and oxygen atoms in total. The fourth-order valence-corrected chi connectivity index (χ4v) is 3.53. The van der Waals surface area contributed by atoms with Gasteiger partial charge in [0.15, 0.2) is 0 Å². The molecule has 3 atom stereocenters. The fraction of sp³-hybridized carbons (Fsp3) is 1.00. The third-order valence-corrected chi connectivity index (χ3v) is 5.15. The maximum absolute atomic E-state index is 3.80. The maximum atomic E-state index is 3.80. The van der Waals surface area contributed by atoms with E-state index in [4.69, 9.17) is 0 Å². The van der Waals surface area contributed by atoms with Crippen LogP contribution in [0.1, 0.15) is 59.8 Å². The van der Waals surface area contributed by atoms with Crippen LogP contribution in [0.3, 0.4) is 0 Å². The first-order valence-corrected chi connectivity index (χ1v) is 7.66. The second kappa shape index (κ2) is 5.27. The van der Waals surface area contributed by atoms with E-state index in [0.717, 1.165) is 18.0 Å². The molecule has 2 fully saturated rings. The van der Waals surface area contributed by atoms with Gasteiger partial charge in [-0.3, -0.25) is 4.90 Å². The summed E-state index contributed by atoms with van der Waals surface area (Å²) >= 11 is 0. The van der Waals surface area contributed by atoms with Crippen molar-refractivity contribution >= 4 is 0 Å². The molecule has 0 spiro atoms. The first-order valence-electron chi connectivity index (χ1n) is 7.66. The quantitative estimate of drug-likeness (QED) is 0.792. The summed E-state index contributed by atoms with van der Waals surface area (Å²) in [6.45, 7) is 11.8. The minimum absolute atomic E-state index is 0.395. The van der Waals surface area contributed by atoms with E-state index in [0.29, 0.717) is 5.54 Å². The van der Waals surface area contributed by atoms with Crippen molar-refractivity contribution in [2.75, 3.05) is 13.1 Å². The van der Waals surface area contributed by atoms with E-state index in [1.165, 1.54) is 45.2 Å². The minimum Gasteiger partial charge on any atom is -0.308 e. The van der Waals surface area contributed by atoms with Crippen LogP contribution in [0, 0.1) is 5.92 Å². The molecule has 2 rings (SSSR count). The molecule has 0 bridgehead atoms. The Hall–Kier alpha value is -0.0800. The molecule has 2 aliphatic rings. The molecule has 0 aromatic heterocycles. The van der Waals surface area contributed by atoms with E-state index < -0.39 is 0 Å². The Morgan fingerprint density at radius 1 is 1.24 bits per heavy atom. The molecule has 1 saturated carbocycles. The van der Waals surface area contributed by atoms with Gasteiger partial charge in [-0.15, -0.1) is 0 Å². The number of nitrogens with zero attached hydrogens (tertiary/aromatic N) is 1. The van der Waals surface area contributed by atoms with E-state index >= 15 is 0 Å². The second-order valence-electron chi connectivity index (χ2n) is 6.24. The molecule has 1 aliphatic heterocycles. The molecule has 0 radical (unpaired) electrons. The Morgan fingerprint density at radius 2 is 1.94 bits per heavy atom. The molecule has 17 heavy (non-hydrogen) atoms. The van der Waals surface area contributed by atoms with E-state index in [-0.39, 0.29) is 0 Å². The zero-order chi connectivity index (χ0) is 12.5. The summed E-state index contributed by atoms with van der Waals surface area (Å²) in [6.07, 6.45) is 6.78. The van der Waals surface area contributed by atoms with Gasteiger partial charge in [-0.1, -0.05) is 27.2 Å². The first kappa shape index (κ1) is 13.4. The lowest BCUT2D eigenvalue weighted by molar-refractivity contribution is 0.0693. The molecule has 0 aromatic rings. The third kappa shape index (κ3) is 2.68. The number of nitrogens with one attached hydrogen (secondary N) is 1. The molecule has 2 heteroatoms. The smallest absolute Gasteiger partial charge is 0.0304 e. The molecule has 1 aliphatic carbocycles. The summed E-state index contributed by atoms with van der Waals surface area (Å²) < 4.78 is 0. The molecule has 0 aromatic carbocycles. The summed E-state index contributed by atoms with van der Waals surface area (Å²) in [5.41, 5.74) is 0.395.